The summed E-state index contributed by atoms with van der Waals surface area (Å²) in [6, 6.07) is -0.310. The lowest BCUT2D eigenvalue weighted by Gasteiger charge is -2.23. The minimum atomic E-state index is -0.486. The molecule has 0 aliphatic heterocycles. The van der Waals surface area contributed by atoms with Crippen LogP contribution in [0.4, 0.5) is 4.79 Å². The van der Waals surface area contributed by atoms with Crippen molar-refractivity contribution in [2.75, 3.05) is 19.8 Å². The average Bonchev–Trinajstić information content (AvgIpc) is 2.92. The lowest BCUT2D eigenvalue weighted by atomic mass is 10.1. The Morgan fingerprint density at radius 1 is 1.22 bits per heavy atom. The van der Waals surface area contributed by atoms with E-state index in [0.29, 0.717) is 5.16 Å². The number of nitrogens with zero attached hydrogens (tertiary/aromatic N) is 4. The monoisotopic (exact) mass is 398 g/mol. The summed E-state index contributed by atoms with van der Waals surface area (Å²) in [5, 5.41) is 14.5. The van der Waals surface area contributed by atoms with E-state index in [-0.39, 0.29) is 17.7 Å². The number of hydrogen-bond donors (Lipinski definition) is 2. The molecule has 0 bridgehead atoms. The fraction of sp³-hybridized carbons (Fsp3) is 0.778. The van der Waals surface area contributed by atoms with Gasteiger partial charge in [-0.2, -0.15) is 0 Å². The molecule has 0 fully saturated rings. The Labute approximate surface area is 166 Å². The molecule has 0 saturated carbocycles. The van der Waals surface area contributed by atoms with Gasteiger partial charge in [-0.3, -0.25) is 15.0 Å². The zero-order valence-electron chi connectivity index (χ0n) is 17.6. The summed E-state index contributed by atoms with van der Waals surface area (Å²) in [4.78, 5) is 26.0. The third kappa shape index (κ3) is 7.88. The Morgan fingerprint density at radius 2 is 1.89 bits per heavy atom. The fourth-order valence-electron chi connectivity index (χ4n) is 2.62. The highest BCUT2D eigenvalue weighted by molar-refractivity contribution is 7.99. The average molecular weight is 399 g/mol. The SMILES string of the molecule is CCCCn1c(SCC(=O)NC(=O)NC(C)(C)C)nnc1[C@H](CC)N(C)C. The summed E-state index contributed by atoms with van der Waals surface area (Å²) in [6.07, 6.45) is 3.01. The molecule has 27 heavy (non-hydrogen) atoms. The number of carbonyl (C=O) groups is 2. The van der Waals surface area contributed by atoms with Gasteiger partial charge in [0.05, 0.1) is 11.8 Å². The van der Waals surface area contributed by atoms with Crippen LogP contribution >= 0.6 is 11.8 Å². The molecule has 0 aliphatic carbocycles. The van der Waals surface area contributed by atoms with Crippen molar-refractivity contribution in [2.24, 2.45) is 0 Å². The van der Waals surface area contributed by atoms with Gasteiger partial charge in [0.1, 0.15) is 0 Å². The molecular weight excluding hydrogens is 364 g/mol. The first-order valence-electron chi connectivity index (χ1n) is 9.43. The van der Waals surface area contributed by atoms with Crippen molar-refractivity contribution in [3.05, 3.63) is 5.82 Å². The number of imide groups is 1. The first-order valence-corrected chi connectivity index (χ1v) is 10.4. The van der Waals surface area contributed by atoms with Gasteiger partial charge < -0.3 is 9.88 Å². The van der Waals surface area contributed by atoms with Crippen LogP contribution in [0.25, 0.3) is 0 Å². The van der Waals surface area contributed by atoms with Gasteiger partial charge in [-0.25, -0.2) is 4.79 Å². The van der Waals surface area contributed by atoms with E-state index >= 15 is 0 Å². The Kier molecular flexibility index (Phi) is 9.25. The molecule has 0 saturated heterocycles. The highest BCUT2D eigenvalue weighted by Crippen LogP contribution is 2.25. The summed E-state index contributed by atoms with van der Waals surface area (Å²) in [6.45, 7) is 10.7. The number of carbonyl (C=O) groups excluding carboxylic acids is 2. The van der Waals surface area contributed by atoms with Crippen molar-refractivity contribution >= 4 is 23.7 Å². The van der Waals surface area contributed by atoms with Crippen LogP contribution in [0, 0.1) is 0 Å². The van der Waals surface area contributed by atoms with Gasteiger partial charge in [-0.05, 0) is 47.7 Å². The van der Waals surface area contributed by atoms with Gasteiger partial charge in [-0.1, -0.05) is 32.0 Å². The molecule has 154 valence electrons. The Balaban J connectivity index is 2.80. The molecule has 1 atom stereocenters. The second-order valence-corrected chi connectivity index (χ2v) is 8.72. The van der Waals surface area contributed by atoms with Gasteiger partial charge >= 0.3 is 6.03 Å². The lowest BCUT2D eigenvalue weighted by molar-refractivity contribution is -0.117. The molecule has 0 aliphatic rings. The van der Waals surface area contributed by atoms with Gasteiger partial charge in [-0.15, -0.1) is 10.2 Å². The van der Waals surface area contributed by atoms with E-state index in [1.807, 2.05) is 34.9 Å². The smallest absolute Gasteiger partial charge is 0.321 e. The predicted molar refractivity (Wildman–Crippen MR) is 109 cm³/mol. The maximum absolute atomic E-state index is 12.1. The van der Waals surface area contributed by atoms with Crippen LogP contribution in [-0.4, -0.2) is 57.0 Å². The highest BCUT2D eigenvalue weighted by Gasteiger charge is 2.22. The van der Waals surface area contributed by atoms with E-state index < -0.39 is 11.6 Å². The van der Waals surface area contributed by atoms with E-state index in [1.54, 1.807) is 0 Å². The Hall–Kier alpha value is -1.61. The normalized spacial score (nSPS) is 12.9. The Bertz CT molecular complexity index is 624. The third-order valence-corrected chi connectivity index (χ3v) is 4.83. The molecule has 8 nitrogen and oxygen atoms in total. The van der Waals surface area contributed by atoms with Gasteiger partial charge in [0, 0.05) is 12.1 Å². The zero-order valence-corrected chi connectivity index (χ0v) is 18.4. The quantitative estimate of drug-likeness (QED) is 0.622. The molecule has 0 unspecified atom stereocenters. The van der Waals surface area contributed by atoms with Crippen LogP contribution in [0.2, 0.25) is 0 Å². The highest BCUT2D eigenvalue weighted by atomic mass is 32.2. The van der Waals surface area contributed by atoms with Crippen LogP contribution in [0.3, 0.4) is 0 Å². The largest absolute Gasteiger partial charge is 0.333 e. The Morgan fingerprint density at radius 3 is 2.41 bits per heavy atom. The first-order chi connectivity index (χ1) is 12.6. The summed E-state index contributed by atoms with van der Waals surface area (Å²) in [7, 11) is 4.06. The summed E-state index contributed by atoms with van der Waals surface area (Å²) < 4.78 is 2.10. The van der Waals surface area contributed by atoms with Crippen LogP contribution in [0.5, 0.6) is 0 Å². The van der Waals surface area contributed by atoms with E-state index in [9.17, 15) is 9.59 Å². The second-order valence-electron chi connectivity index (χ2n) is 7.77. The van der Waals surface area contributed by atoms with E-state index in [1.165, 1.54) is 11.8 Å². The molecule has 0 aromatic carbocycles. The maximum Gasteiger partial charge on any atom is 0.321 e. The molecule has 0 radical (unpaired) electrons. The van der Waals surface area contributed by atoms with Crippen molar-refractivity contribution in [2.45, 2.75) is 77.2 Å². The van der Waals surface area contributed by atoms with Gasteiger partial charge in [0.25, 0.3) is 0 Å². The minimum Gasteiger partial charge on any atom is -0.333 e. The number of thioether (sulfide) groups is 1. The number of rotatable bonds is 9. The van der Waals surface area contributed by atoms with E-state index in [2.05, 4.69) is 44.1 Å². The minimum absolute atomic E-state index is 0.112. The lowest BCUT2D eigenvalue weighted by Crippen LogP contribution is -2.48. The molecule has 0 spiro atoms. The standard InChI is InChI=1S/C18H34N6O2S/c1-8-10-11-24-15(13(9-2)23(6)7)21-22-17(24)27-12-14(25)19-16(26)20-18(3,4)5/h13H,8-12H2,1-7H3,(H2,19,20,25,26)/t13-/m0/s1. The number of amides is 3. The fourth-order valence-corrected chi connectivity index (χ4v) is 3.39. The topological polar surface area (TPSA) is 92.2 Å². The molecule has 3 amide bonds. The van der Waals surface area contributed by atoms with Crippen molar-refractivity contribution < 1.29 is 9.59 Å². The molecule has 1 rings (SSSR count). The summed E-state index contributed by atoms with van der Waals surface area (Å²) in [5.74, 6) is 0.679. The van der Waals surface area contributed by atoms with Gasteiger partial charge in [0.15, 0.2) is 11.0 Å². The van der Waals surface area contributed by atoms with Crippen molar-refractivity contribution in [3.63, 3.8) is 0 Å². The number of aromatic nitrogens is 3. The van der Waals surface area contributed by atoms with Crippen molar-refractivity contribution in [3.8, 4) is 0 Å². The van der Waals surface area contributed by atoms with Crippen molar-refractivity contribution in [1.29, 1.82) is 0 Å². The molecule has 9 heteroatoms. The van der Waals surface area contributed by atoms with Crippen LogP contribution in [0.1, 0.15) is 65.7 Å². The second kappa shape index (κ2) is 10.7. The van der Waals surface area contributed by atoms with Crippen LogP contribution < -0.4 is 10.6 Å². The van der Waals surface area contributed by atoms with E-state index in [0.717, 1.165) is 31.6 Å². The molecular formula is C18H34N6O2S. The number of unbranched alkanes of at least 4 members (excludes halogenated alkanes) is 1. The van der Waals surface area contributed by atoms with Crippen LogP contribution in [0.15, 0.2) is 5.16 Å². The zero-order chi connectivity index (χ0) is 20.6. The van der Waals surface area contributed by atoms with E-state index in [4.69, 9.17) is 0 Å². The maximum atomic E-state index is 12.1. The summed E-state index contributed by atoms with van der Waals surface area (Å²) >= 11 is 1.30. The first kappa shape index (κ1) is 23.4. The van der Waals surface area contributed by atoms with Crippen LogP contribution in [-0.2, 0) is 11.3 Å². The predicted octanol–water partition coefficient (Wildman–Crippen LogP) is 2.81. The number of urea groups is 1. The third-order valence-electron chi connectivity index (χ3n) is 3.86. The number of nitrogens with one attached hydrogen (secondary N) is 2. The van der Waals surface area contributed by atoms with Crippen molar-refractivity contribution in [1.82, 2.24) is 30.3 Å². The summed E-state index contributed by atoms with van der Waals surface area (Å²) in [5.41, 5.74) is -0.395. The number of hydrogen-bond acceptors (Lipinski definition) is 6. The van der Waals surface area contributed by atoms with Gasteiger partial charge in [0.2, 0.25) is 5.91 Å². The molecule has 2 N–H and O–H groups in total. The molecule has 1 heterocycles. The molecule has 1 aromatic heterocycles. The molecule has 1 aromatic rings.